The average Bonchev–Trinajstić information content (AvgIpc) is 2.58. The van der Waals surface area contributed by atoms with Gasteiger partial charge in [-0.05, 0) is 43.2 Å². The van der Waals surface area contributed by atoms with E-state index in [1.165, 1.54) is 23.4 Å². The normalized spacial score (nSPS) is 10.6. The second-order valence-electron chi connectivity index (χ2n) is 5.33. The molecular formula is C19H20N2O2S. The Hall–Kier alpha value is -2.53. The molecule has 2 aromatic carbocycles. The van der Waals surface area contributed by atoms with Crippen molar-refractivity contribution in [2.24, 2.45) is 0 Å². The van der Waals surface area contributed by atoms with E-state index in [1.54, 1.807) is 6.08 Å². The van der Waals surface area contributed by atoms with E-state index >= 15 is 0 Å². The van der Waals surface area contributed by atoms with Crippen molar-refractivity contribution in [1.29, 1.82) is 0 Å². The zero-order chi connectivity index (χ0) is 17.4. The molecule has 24 heavy (non-hydrogen) atoms. The van der Waals surface area contributed by atoms with Crippen molar-refractivity contribution in [3.05, 3.63) is 71.3 Å². The van der Waals surface area contributed by atoms with E-state index in [-0.39, 0.29) is 17.6 Å². The van der Waals surface area contributed by atoms with Crippen molar-refractivity contribution in [2.75, 3.05) is 5.75 Å². The number of amides is 2. The second-order valence-corrected chi connectivity index (χ2v) is 6.38. The Labute approximate surface area is 146 Å². The maximum atomic E-state index is 11.7. The lowest BCUT2D eigenvalue weighted by Gasteiger charge is -2.05. The van der Waals surface area contributed by atoms with Gasteiger partial charge in [0.15, 0.2) is 0 Å². The highest BCUT2D eigenvalue weighted by atomic mass is 32.2. The molecule has 5 heteroatoms. The molecule has 0 aromatic heterocycles. The van der Waals surface area contributed by atoms with Gasteiger partial charge in [0.1, 0.15) is 0 Å². The number of benzene rings is 2. The summed E-state index contributed by atoms with van der Waals surface area (Å²) in [5.41, 5.74) is 8.01. The molecular weight excluding hydrogens is 320 g/mol. The van der Waals surface area contributed by atoms with Gasteiger partial charge in [-0.2, -0.15) is 0 Å². The number of hydrogen-bond donors (Lipinski definition) is 2. The number of carbonyl (C=O) groups excluding carboxylic acids is 2. The summed E-state index contributed by atoms with van der Waals surface area (Å²) in [6.45, 7) is 3.99. The number of hydrogen-bond acceptors (Lipinski definition) is 3. The molecule has 0 aliphatic heterocycles. The minimum Gasteiger partial charge on any atom is -0.272 e. The third-order valence-electron chi connectivity index (χ3n) is 3.32. The van der Waals surface area contributed by atoms with E-state index in [0.29, 0.717) is 0 Å². The molecule has 2 rings (SSSR count). The first-order chi connectivity index (χ1) is 11.5. The molecule has 0 saturated heterocycles. The second kappa shape index (κ2) is 8.93. The van der Waals surface area contributed by atoms with E-state index in [0.717, 1.165) is 16.0 Å². The molecule has 0 atom stereocenters. The highest BCUT2D eigenvalue weighted by Crippen LogP contribution is 2.17. The molecule has 0 aliphatic rings. The standard InChI is InChI=1S/C19H20N2O2S/c1-14-7-10-17(11-8-14)24-13-19(23)21-20-18(22)12-9-16-6-4-3-5-15(16)2/h3-12H,13H2,1-2H3,(H,20,22)(H,21,23)/b12-9+. The summed E-state index contributed by atoms with van der Waals surface area (Å²) in [6, 6.07) is 15.7. The molecule has 0 saturated carbocycles. The Morgan fingerprint density at radius 1 is 1.00 bits per heavy atom. The van der Waals surface area contributed by atoms with Crippen LogP contribution in [0.5, 0.6) is 0 Å². The fraction of sp³-hybridized carbons (Fsp3) is 0.158. The van der Waals surface area contributed by atoms with Gasteiger partial charge >= 0.3 is 0 Å². The zero-order valence-electron chi connectivity index (χ0n) is 13.7. The predicted octanol–water partition coefficient (Wildman–Crippen LogP) is 3.26. The van der Waals surface area contributed by atoms with Crippen molar-refractivity contribution in [3.8, 4) is 0 Å². The van der Waals surface area contributed by atoms with Crippen molar-refractivity contribution >= 4 is 29.7 Å². The fourth-order valence-corrected chi connectivity index (χ4v) is 2.63. The fourth-order valence-electron chi connectivity index (χ4n) is 1.93. The van der Waals surface area contributed by atoms with Crippen molar-refractivity contribution in [2.45, 2.75) is 18.7 Å². The van der Waals surface area contributed by atoms with Crippen molar-refractivity contribution < 1.29 is 9.59 Å². The molecule has 0 fully saturated rings. The predicted molar refractivity (Wildman–Crippen MR) is 98.4 cm³/mol. The summed E-state index contributed by atoms with van der Waals surface area (Å²) in [4.78, 5) is 24.5. The third-order valence-corrected chi connectivity index (χ3v) is 4.33. The van der Waals surface area contributed by atoms with Crippen LogP contribution in [-0.4, -0.2) is 17.6 Å². The number of hydrazine groups is 1. The van der Waals surface area contributed by atoms with Crippen LogP contribution in [0, 0.1) is 13.8 Å². The molecule has 0 unspecified atom stereocenters. The van der Waals surface area contributed by atoms with Gasteiger partial charge in [-0.1, -0.05) is 42.0 Å². The third kappa shape index (κ3) is 5.93. The van der Waals surface area contributed by atoms with Crippen molar-refractivity contribution in [1.82, 2.24) is 10.9 Å². The van der Waals surface area contributed by atoms with E-state index in [9.17, 15) is 9.59 Å². The molecule has 2 aromatic rings. The van der Waals surface area contributed by atoms with Gasteiger partial charge in [0.2, 0.25) is 5.91 Å². The molecule has 2 N–H and O–H groups in total. The Kier molecular flexibility index (Phi) is 6.63. The van der Waals surface area contributed by atoms with Crippen LogP contribution < -0.4 is 10.9 Å². The van der Waals surface area contributed by atoms with Gasteiger partial charge in [0.25, 0.3) is 5.91 Å². The lowest BCUT2D eigenvalue weighted by atomic mass is 10.1. The smallest absolute Gasteiger partial charge is 0.262 e. The molecule has 0 radical (unpaired) electrons. The molecule has 124 valence electrons. The molecule has 0 heterocycles. The van der Waals surface area contributed by atoms with Crippen LogP contribution in [0.4, 0.5) is 0 Å². The first-order valence-electron chi connectivity index (χ1n) is 7.56. The average molecular weight is 340 g/mol. The van der Waals surface area contributed by atoms with Crippen LogP contribution in [0.3, 0.4) is 0 Å². The summed E-state index contributed by atoms with van der Waals surface area (Å²) in [7, 11) is 0. The van der Waals surface area contributed by atoms with Gasteiger partial charge in [-0.3, -0.25) is 20.4 Å². The first kappa shape index (κ1) is 17.8. The summed E-state index contributed by atoms with van der Waals surface area (Å²) < 4.78 is 0. The Bertz CT molecular complexity index is 739. The maximum absolute atomic E-state index is 11.7. The monoisotopic (exact) mass is 340 g/mol. The van der Waals surface area contributed by atoms with E-state index in [4.69, 9.17) is 0 Å². The van der Waals surface area contributed by atoms with Crippen LogP contribution in [-0.2, 0) is 9.59 Å². The largest absolute Gasteiger partial charge is 0.272 e. The van der Waals surface area contributed by atoms with Crippen LogP contribution in [0.25, 0.3) is 6.08 Å². The SMILES string of the molecule is Cc1ccc(SCC(=O)NNC(=O)/C=C/c2ccccc2C)cc1. The Morgan fingerprint density at radius 3 is 2.42 bits per heavy atom. The van der Waals surface area contributed by atoms with Crippen LogP contribution in [0.2, 0.25) is 0 Å². The topological polar surface area (TPSA) is 58.2 Å². The summed E-state index contributed by atoms with van der Waals surface area (Å²) in [6.07, 6.45) is 3.12. The van der Waals surface area contributed by atoms with Crippen LogP contribution in [0.15, 0.2) is 59.5 Å². The summed E-state index contributed by atoms with van der Waals surface area (Å²) >= 11 is 1.42. The van der Waals surface area contributed by atoms with Gasteiger partial charge in [-0.15, -0.1) is 11.8 Å². The number of nitrogens with one attached hydrogen (secondary N) is 2. The van der Waals surface area contributed by atoms with E-state index in [1.807, 2.05) is 62.4 Å². The lowest BCUT2D eigenvalue weighted by molar-refractivity contribution is -0.125. The Balaban J connectivity index is 1.74. The number of aryl methyl sites for hydroxylation is 2. The number of thioether (sulfide) groups is 1. The Morgan fingerprint density at radius 2 is 1.71 bits per heavy atom. The van der Waals surface area contributed by atoms with Crippen LogP contribution >= 0.6 is 11.8 Å². The number of rotatable bonds is 5. The summed E-state index contributed by atoms with van der Waals surface area (Å²) in [5, 5.41) is 0. The van der Waals surface area contributed by atoms with Gasteiger partial charge < -0.3 is 0 Å². The highest BCUT2D eigenvalue weighted by molar-refractivity contribution is 8.00. The van der Waals surface area contributed by atoms with Crippen LogP contribution in [0.1, 0.15) is 16.7 Å². The molecule has 0 aliphatic carbocycles. The zero-order valence-corrected chi connectivity index (χ0v) is 14.5. The van der Waals surface area contributed by atoms with E-state index in [2.05, 4.69) is 10.9 Å². The van der Waals surface area contributed by atoms with Crippen molar-refractivity contribution in [3.63, 3.8) is 0 Å². The molecule has 0 bridgehead atoms. The molecule has 4 nitrogen and oxygen atoms in total. The minimum absolute atomic E-state index is 0.241. The molecule has 0 spiro atoms. The van der Waals surface area contributed by atoms with Gasteiger partial charge in [0.05, 0.1) is 5.75 Å². The summed E-state index contributed by atoms with van der Waals surface area (Å²) in [5.74, 6) is -0.379. The highest BCUT2D eigenvalue weighted by Gasteiger charge is 2.04. The first-order valence-corrected chi connectivity index (χ1v) is 8.55. The number of carbonyl (C=O) groups is 2. The lowest BCUT2D eigenvalue weighted by Crippen LogP contribution is -2.41. The minimum atomic E-state index is -0.369. The van der Waals surface area contributed by atoms with Gasteiger partial charge in [0, 0.05) is 11.0 Å². The quantitative estimate of drug-likeness (QED) is 0.499. The molecule has 2 amide bonds. The van der Waals surface area contributed by atoms with Gasteiger partial charge in [-0.25, -0.2) is 0 Å². The van der Waals surface area contributed by atoms with E-state index < -0.39 is 0 Å². The maximum Gasteiger partial charge on any atom is 0.262 e.